The van der Waals surface area contributed by atoms with Gasteiger partial charge in [0.2, 0.25) is 0 Å². The highest BCUT2D eigenvalue weighted by molar-refractivity contribution is 5.79. The summed E-state index contributed by atoms with van der Waals surface area (Å²) in [6, 6.07) is 0. The number of hydrogen-bond acceptors (Lipinski definition) is 3. The molecule has 0 fully saturated rings. The molecule has 0 rings (SSSR count). The number of rotatable bonds is 20. The van der Waals surface area contributed by atoms with Crippen LogP contribution in [0.5, 0.6) is 0 Å². The van der Waals surface area contributed by atoms with Crippen LogP contribution in [0.25, 0.3) is 0 Å². The molecule has 1 N–H and O–H groups in total. The Hall–Kier alpha value is -0.570. The molecule has 0 aliphatic rings. The minimum atomic E-state index is -1.33. The molecule has 0 aromatic heterocycles. The normalized spacial score (nSPS) is 13.9. The first-order valence-corrected chi connectivity index (χ1v) is 13.1. The maximum atomic E-state index is 12.7. The molecule has 1 atom stereocenters. The van der Waals surface area contributed by atoms with E-state index in [1.54, 1.807) is 0 Å². The van der Waals surface area contributed by atoms with Gasteiger partial charge in [-0.05, 0) is 31.1 Å². The van der Waals surface area contributed by atoms with Crippen molar-refractivity contribution in [2.24, 2.45) is 5.41 Å². The van der Waals surface area contributed by atoms with Crippen molar-refractivity contribution in [3.63, 3.8) is 0 Å². The fourth-order valence-electron chi connectivity index (χ4n) is 4.23. The lowest BCUT2D eigenvalue weighted by molar-refractivity contribution is -0.170. The van der Waals surface area contributed by atoms with E-state index in [9.17, 15) is 9.90 Å². The minimum Gasteiger partial charge on any atom is -0.464 e. The van der Waals surface area contributed by atoms with Crippen molar-refractivity contribution in [2.75, 3.05) is 6.61 Å². The summed E-state index contributed by atoms with van der Waals surface area (Å²) >= 11 is 0. The summed E-state index contributed by atoms with van der Waals surface area (Å²) < 4.78 is 5.53. The smallest absolute Gasteiger partial charge is 0.338 e. The molecule has 0 bridgehead atoms. The molecule has 0 saturated heterocycles. The van der Waals surface area contributed by atoms with Gasteiger partial charge in [-0.15, -0.1) is 0 Å². The first kappa shape index (κ1) is 29.4. The summed E-state index contributed by atoms with van der Waals surface area (Å²) in [4.78, 5) is 12.7. The molecule has 0 amide bonds. The third-order valence-electron chi connectivity index (χ3n) is 5.88. The van der Waals surface area contributed by atoms with Crippen LogP contribution in [-0.2, 0) is 9.53 Å². The quantitative estimate of drug-likeness (QED) is 0.157. The summed E-state index contributed by atoms with van der Waals surface area (Å²) in [5.41, 5.74) is -1.44. The largest absolute Gasteiger partial charge is 0.464 e. The molecular weight excluding hydrogens is 372 g/mol. The van der Waals surface area contributed by atoms with E-state index in [0.29, 0.717) is 19.4 Å². The highest BCUT2D eigenvalue weighted by Crippen LogP contribution is 2.32. The molecule has 0 saturated carbocycles. The number of carbonyl (C=O) groups is 1. The lowest BCUT2D eigenvalue weighted by atomic mass is 9.79. The second kappa shape index (κ2) is 18.0. The molecule has 3 heteroatoms. The lowest BCUT2D eigenvalue weighted by Crippen LogP contribution is -2.43. The molecule has 3 nitrogen and oxygen atoms in total. The second-order valence-electron chi connectivity index (χ2n) is 10.6. The Kier molecular flexibility index (Phi) is 17.7. The van der Waals surface area contributed by atoms with E-state index in [-0.39, 0.29) is 5.41 Å². The van der Waals surface area contributed by atoms with Crippen molar-refractivity contribution in [1.82, 2.24) is 0 Å². The number of hydrogen-bond donors (Lipinski definition) is 1. The van der Waals surface area contributed by atoms with Crippen LogP contribution in [0.3, 0.4) is 0 Å². The zero-order chi connectivity index (χ0) is 22.7. The fourth-order valence-corrected chi connectivity index (χ4v) is 4.23. The Morgan fingerprint density at radius 1 is 0.667 bits per heavy atom. The van der Waals surface area contributed by atoms with Crippen LogP contribution in [0, 0.1) is 5.41 Å². The number of unbranched alkanes of at least 4 members (excludes halogenated alkanes) is 14. The topological polar surface area (TPSA) is 46.5 Å². The van der Waals surface area contributed by atoms with Crippen molar-refractivity contribution in [1.29, 1.82) is 0 Å². The summed E-state index contributed by atoms with van der Waals surface area (Å²) in [5.74, 6) is -0.400. The van der Waals surface area contributed by atoms with Gasteiger partial charge in [0.1, 0.15) is 0 Å². The van der Waals surface area contributed by atoms with E-state index in [1.165, 1.54) is 77.0 Å². The first-order chi connectivity index (χ1) is 14.2. The van der Waals surface area contributed by atoms with E-state index >= 15 is 0 Å². The Bertz CT molecular complexity index is 399. The maximum Gasteiger partial charge on any atom is 0.338 e. The Labute approximate surface area is 188 Å². The molecule has 0 heterocycles. The van der Waals surface area contributed by atoms with Crippen LogP contribution in [-0.4, -0.2) is 23.3 Å². The number of esters is 1. The monoisotopic (exact) mass is 426 g/mol. The summed E-state index contributed by atoms with van der Waals surface area (Å²) in [5, 5.41) is 11.1. The third kappa shape index (κ3) is 17.1. The van der Waals surface area contributed by atoms with Crippen LogP contribution in [0.4, 0.5) is 0 Å². The molecule has 0 aliphatic carbocycles. The summed E-state index contributed by atoms with van der Waals surface area (Å²) in [7, 11) is 0. The van der Waals surface area contributed by atoms with E-state index in [1.807, 2.05) is 0 Å². The molecule has 0 aromatic carbocycles. The fraction of sp³-hybridized carbons (Fsp3) is 0.963. The Morgan fingerprint density at radius 3 is 1.50 bits per heavy atom. The van der Waals surface area contributed by atoms with E-state index in [2.05, 4.69) is 34.6 Å². The molecule has 1 unspecified atom stereocenters. The van der Waals surface area contributed by atoms with Crippen molar-refractivity contribution < 1.29 is 14.6 Å². The highest BCUT2D eigenvalue weighted by atomic mass is 16.5. The number of carbonyl (C=O) groups excluding carboxylic acids is 1. The molecule has 0 radical (unpaired) electrons. The van der Waals surface area contributed by atoms with Crippen LogP contribution in [0.2, 0.25) is 0 Å². The first-order valence-electron chi connectivity index (χ1n) is 13.1. The highest BCUT2D eigenvalue weighted by Gasteiger charge is 2.40. The Morgan fingerprint density at radius 2 is 1.07 bits per heavy atom. The average Bonchev–Trinajstić information content (AvgIpc) is 2.67. The van der Waals surface area contributed by atoms with Crippen LogP contribution in [0.15, 0.2) is 0 Å². The van der Waals surface area contributed by atoms with Gasteiger partial charge in [-0.25, -0.2) is 4.79 Å². The van der Waals surface area contributed by atoms with Crippen molar-refractivity contribution in [2.45, 2.75) is 156 Å². The maximum absolute atomic E-state index is 12.7. The summed E-state index contributed by atoms with van der Waals surface area (Å²) in [6.07, 6.45) is 20.5. The van der Waals surface area contributed by atoms with Gasteiger partial charge in [-0.1, -0.05) is 125 Å². The molecule has 0 aliphatic heterocycles. The van der Waals surface area contributed by atoms with Crippen LogP contribution in [0.1, 0.15) is 150 Å². The van der Waals surface area contributed by atoms with Gasteiger partial charge in [-0.3, -0.25) is 0 Å². The minimum absolute atomic E-state index is 0.105. The third-order valence-corrected chi connectivity index (χ3v) is 5.88. The zero-order valence-corrected chi connectivity index (χ0v) is 21.2. The van der Waals surface area contributed by atoms with Gasteiger partial charge >= 0.3 is 5.97 Å². The average molecular weight is 427 g/mol. The summed E-state index contributed by atoms with van der Waals surface area (Å²) in [6.45, 7) is 11.2. The van der Waals surface area contributed by atoms with Crippen LogP contribution < -0.4 is 0 Å². The van der Waals surface area contributed by atoms with Gasteiger partial charge in [0, 0.05) is 0 Å². The standard InChI is InChI=1S/C27H54O3/c1-6-8-10-12-14-16-18-20-22-27(29,24-26(3,4)5)25(28)30-23-21-19-17-15-13-11-9-7-2/h29H,6-24H2,1-5H3. The molecule has 0 aromatic rings. The lowest BCUT2D eigenvalue weighted by Gasteiger charge is -2.32. The van der Waals surface area contributed by atoms with Gasteiger partial charge in [0.05, 0.1) is 6.61 Å². The van der Waals surface area contributed by atoms with E-state index < -0.39 is 11.6 Å². The molecular formula is C27H54O3. The predicted octanol–water partition coefficient (Wildman–Crippen LogP) is 8.37. The number of aliphatic hydroxyl groups is 1. The van der Waals surface area contributed by atoms with E-state index in [0.717, 1.165) is 25.7 Å². The zero-order valence-electron chi connectivity index (χ0n) is 21.2. The molecule has 0 spiro atoms. The van der Waals surface area contributed by atoms with Gasteiger partial charge in [-0.2, -0.15) is 0 Å². The SMILES string of the molecule is CCCCCCCCCCOC(=O)C(O)(CCCCCCCCCC)CC(C)(C)C. The number of ether oxygens (including phenoxy) is 1. The van der Waals surface area contributed by atoms with E-state index in [4.69, 9.17) is 4.74 Å². The van der Waals surface area contributed by atoms with Crippen molar-refractivity contribution in [3.05, 3.63) is 0 Å². The predicted molar refractivity (Wildman–Crippen MR) is 130 cm³/mol. The van der Waals surface area contributed by atoms with Gasteiger partial charge < -0.3 is 9.84 Å². The second-order valence-corrected chi connectivity index (χ2v) is 10.6. The molecule has 180 valence electrons. The van der Waals surface area contributed by atoms with Crippen LogP contribution >= 0.6 is 0 Å². The Balaban J connectivity index is 4.17. The van der Waals surface area contributed by atoms with Crippen molar-refractivity contribution >= 4 is 5.97 Å². The van der Waals surface area contributed by atoms with Crippen molar-refractivity contribution in [3.8, 4) is 0 Å². The van der Waals surface area contributed by atoms with Gasteiger partial charge in [0.15, 0.2) is 5.60 Å². The molecule has 30 heavy (non-hydrogen) atoms. The van der Waals surface area contributed by atoms with Gasteiger partial charge in [0.25, 0.3) is 0 Å².